The summed E-state index contributed by atoms with van der Waals surface area (Å²) in [6.45, 7) is 8.89. The van der Waals surface area contributed by atoms with Gasteiger partial charge in [0.05, 0.1) is 0 Å². The van der Waals surface area contributed by atoms with E-state index in [1.54, 1.807) is 5.06 Å². The van der Waals surface area contributed by atoms with Crippen molar-refractivity contribution in [3.05, 3.63) is 5.21 Å². The van der Waals surface area contributed by atoms with Gasteiger partial charge in [-0.2, -0.15) is 0 Å². The van der Waals surface area contributed by atoms with Crippen molar-refractivity contribution in [1.29, 1.82) is 0 Å². The summed E-state index contributed by atoms with van der Waals surface area (Å²) in [5.74, 6) is 0. The third kappa shape index (κ3) is 3.52. The van der Waals surface area contributed by atoms with E-state index in [4.69, 9.17) is 0 Å². The molecule has 1 saturated heterocycles. The SMILES string of the molecule is CCCC1(CCC)CCCC(CCC)(CCC)N1[O-]. The van der Waals surface area contributed by atoms with Crippen molar-refractivity contribution in [2.24, 2.45) is 0 Å². The first kappa shape index (κ1) is 17.0. The summed E-state index contributed by atoms with van der Waals surface area (Å²) in [5, 5.41) is 14.9. The molecule has 0 aromatic rings. The van der Waals surface area contributed by atoms with Crippen molar-refractivity contribution in [3.63, 3.8) is 0 Å². The lowest BCUT2D eigenvalue weighted by atomic mass is 9.71. The molecule has 0 aromatic carbocycles. The first-order chi connectivity index (χ1) is 9.10. The van der Waals surface area contributed by atoms with Gasteiger partial charge < -0.3 is 10.3 Å². The highest BCUT2D eigenvalue weighted by molar-refractivity contribution is 5.05. The van der Waals surface area contributed by atoms with Crippen LogP contribution in [0.25, 0.3) is 0 Å². The van der Waals surface area contributed by atoms with Crippen molar-refractivity contribution in [1.82, 2.24) is 5.06 Å². The lowest BCUT2D eigenvalue weighted by molar-refractivity contribution is -0.0462. The van der Waals surface area contributed by atoms with Crippen LogP contribution in [-0.2, 0) is 0 Å². The summed E-state index contributed by atoms with van der Waals surface area (Å²) >= 11 is 0. The van der Waals surface area contributed by atoms with E-state index < -0.39 is 0 Å². The van der Waals surface area contributed by atoms with Crippen LogP contribution in [0.3, 0.4) is 0 Å². The summed E-state index contributed by atoms with van der Waals surface area (Å²) in [7, 11) is 0. The predicted molar refractivity (Wildman–Crippen MR) is 84.2 cm³/mol. The quantitative estimate of drug-likeness (QED) is 0.568. The number of hydroxylamine groups is 2. The Kier molecular flexibility index (Phi) is 6.82. The fourth-order valence-electron chi connectivity index (χ4n) is 4.47. The highest BCUT2D eigenvalue weighted by Crippen LogP contribution is 2.47. The second-order valence-electron chi connectivity index (χ2n) is 6.60. The van der Waals surface area contributed by atoms with E-state index in [-0.39, 0.29) is 11.1 Å². The van der Waals surface area contributed by atoms with Crippen molar-refractivity contribution in [2.75, 3.05) is 0 Å². The number of piperidine rings is 1. The summed E-state index contributed by atoms with van der Waals surface area (Å²) in [6, 6.07) is 0. The van der Waals surface area contributed by atoms with Gasteiger partial charge in [0.25, 0.3) is 0 Å². The van der Waals surface area contributed by atoms with E-state index >= 15 is 0 Å². The van der Waals surface area contributed by atoms with E-state index in [0.29, 0.717) is 0 Å². The zero-order valence-corrected chi connectivity index (χ0v) is 13.6. The van der Waals surface area contributed by atoms with Crippen LogP contribution in [-0.4, -0.2) is 16.1 Å². The minimum Gasteiger partial charge on any atom is -0.784 e. The van der Waals surface area contributed by atoms with Gasteiger partial charge in [0.2, 0.25) is 0 Å². The first-order valence-electron chi connectivity index (χ1n) is 8.58. The standard InChI is InChI=1S/C17H34NO/c1-5-10-16(11-6-2)14-9-15-17(12-7-3,13-8-4)18(16)19/h5-15H2,1-4H3/q-1. The van der Waals surface area contributed by atoms with Gasteiger partial charge in [-0.15, -0.1) is 0 Å². The molecular formula is C17H34NO-. The van der Waals surface area contributed by atoms with Crippen molar-refractivity contribution in [2.45, 2.75) is 109 Å². The van der Waals surface area contributed by atoms with Gasteiger partial charge >= 0.3 is 0 Å². The average molecular weight is 268 g/mol. The highest BCUT2D eigenvalue weighted by Gasteiger charge is 2.44. The molecule has 0 aromatic heterocycles. The molecule has 0 radical (unpaired) electrons. The third-order valence-electron chi connectivity index (χ3n) is 5.01. The molecule has 0 N–H and O–H groups in total. The van der Waals surface area contributed by atoms with Gasteiger partial charge in [-0.05, 0) is 44.9 Å². The highest BCUT2D eigenvalue weighted by atomic mass is 16.5. The Bertz CT molecular complexity index is 205. The maximum atomic E-state index is 13.2. The Labute approximate surface area is 120 Å². The van der Waals surface area contributed by atoms with Gasteiger partial charge in [-0.25, -0.2) is 0 Å². The van der Waals surface area contributed by atoms with Crippen molar-refractivity contribution in [3.8, 4) is 0 Å². The number of nitrogens with zero attached hydrogens (tertiary/aromatic N) is 1. The molecule has 0 bridgehead atoms. The van der Waals surface area contributed by atoms with Gasteiger partial charge in [0.15, 0.2) is 0 Å². The second-order valence-corrected chi connectivity index (χ2v) is 6.60. The zero-order chi connectivity index (χ0) is 14.4. The number of hydrogen-bond acceptors (Lipinski definition) is 2. The molecule has 1 heterocycles. The van der Waals surface area contributed by atoms with Gasteiger partial charge in [0, 0.05) is 11.1 Å². The van der Waals surface area contributed by atoms with Crippen LogP contribution >= 0.6 is 0 Å². The second kappa shape index (κ2) is 7.64. The van der Waals surface area contributed by atoms with Gasteiger partial charge in [-0.3, -0.25) is 0 Å². The molecule has 0 spiro atoms. The van der Waals surface area contributed by atoms with E-state index in [0.717, 1.165) is 64.2 Å². The monoisotopic (exact) mass is 268 g/mol. The first-order valence-corrected chi connectivity index (χ1v) is 8.58. The van der Waals surface area contributed by atoms with E-state index in [9.17, 15) is 5.21 Å². The Morgan fingerprint density at radius 3 is 1.32 bits per heavy atom. The molecule has 1 aliphatic heterocycles. The average Bonchev–Trinajstić information content (AvgIpc) is 2.37. The maximum Gasteiger partial charge on any atom is 0.00942 e. The largest absolute Gasteiger partial charge is 0.784 e. The van der Waals surface area contributed by atoms with E-state index in [2.05, 4.69) is 27.7 Å². The maximum absolute atomic E-state index is 13.2. The van der Waals surface area contributed by atoms with Crippen LogP contribution in [0.1, 0.15) is 98.3 Å². The number of rotatable bonds is 8. The Morgan fingerprint density at radius 2 is 1.05 bits per heavy atom. The summed E-state index contributed by atoms with van der Waals surface area (Å²) < 4.78 is 0. The Hall–Kier alpha value is -0.0800. The summed E-state index contributed by atoms with van der Waals surface area (Å²) in [6.07, 6.45) is 12.3. The molecule has 0 unspecified atom stereocenters. The van der Waals surface area contributed by atoms with Gasteiger partial charge in [0.1, 0.15) is 0 Å². The molecule has 19 heavy (non-hydrogen) atoms. The predicted octanol–water partition coefficient (Wildman–Crippen LogP) is 5.65. The lowest BCUT2D eigenvalue weighted by Gasteiger charge is -2.63. The fourth-order valence-corrected chi connectivity index (χ4v) is 4.47. The minimum atomic E-state index is -0.0495. The van der Waals surface area contributed by atoms with E-state index in [1.807, 2.05) is 0 Å². The third-order valence-corrected chi connectivity index (χ3v) is 5.01. The molecule has 0 atom stereocenters. The zero-order valence-electron chi connectivity index (χ0n) is 13.6. The molecule has 1 fully saturated rings. The van der Waals surface area contributed by atoms with Crippen LogP contribution < -0.4 is 0 Å². The summed E-state index contributed by atoms with van der Waals surface area (Å²) in [5.41, 5.74) is -0.0990. The Morgan fingerprint density at radius 1 is 0.737 bits per heavy atom. The van der Waals surface area contributed by atoms with Crippen LogP contribution in [0, 0.1) is 5.21 Å². The van der Waals surface area contributed by atoms with Crippen LogP contribution in [0.15, 0.2) is 0 Å². The molecule has 1 rings (SSSR count). The normalized spacial score (nSPS) is 22.6. The molecule has 0 aliphatic carbocycles. The minimum absolute atomic E-state index is 0.0495. The molecular weight excluding hydrogens is 234 g/mol. The molecule has 114 valence electrons. The molecule has 0 saturated carbocycles. The lowest BCUT2D eigenvalue weighted by Crippen LogP contribution is -2.60. The number of hydrogen-bond donors (Lipinski definition) is 0. The van der Waals surface area contributed by atoms with E-state index in [1.165, 1.54) is 6.42 Å². The van der Waals surface area contributed by atoms with Crippen LogP contribution in [0.2, 0.25) is 0 Å². The summed E-state index contributed by atoms with van der Waals surface area (Å²) in [4.78, 5) is 0. The van der Waals surface area contributed by atoms with Gasteiger partial charge in [-0.1, -0.05) is 53.4 Å². The molecule has 1 aliphatic rings. The molecule has 2 heteroatoms. The van der Waals surface area contributed by atoms with Crippen LogP contribution in [0.5, 0.6) is 0 Å². The Balaban J connectivity index is 3.00. The smallest absolute Gasteiger partial charge is 0.00942 e. The molecule has 2 nitrogen and oxygen atoms in total. The van der Waals surface area contributed by atoms with Crippen molar-refractivity contribution < 1.29 is 0 Å². The topological polar surface area (TPSA) is 26.3 Å². The molecule has 0 amide bonds. The van der Waals surface area contributed by atoms with Crippen molar-refractivity contribution >= 4 is 0 Å². The fraction of sp³-hybridized carbons (Fsp3) is 1.00. The van der Waals surface area contributed by atoms with Crippen LogP contribution in [0.4, 0.5) is 0 Å².